The Balaban J connectivity index is 1.50. The van der Waals surface area contributed by atoms with Crippen molar-refractivity contribution in [3.8, 4) is 5.75 Å². The van der Waals surface area contributed by atoms with Gasteiger partial charge in [-0.3, -0.25) is 14.4 Å². The van der Waals surface area contributed by atoms with Crippen LogP contribution in [0.3, 0.4) is 0 Å². The highest BCUT2D eigenvalue weighted by molar-refractivity contribution is 6.16. The molecule has 43 heavy (non-hydrogen) atoms. The molecular formula is C37H32N2O4. The molecule has 1 amide bonds. The Kier molecular flexibility index (Phi) is 6.50. The van der Waals surface area contributed by atoms with Gasteiger partial charge >= 0.3 is 0 Å². The molecule has 0 saturated carbocycles. The van der Waals surface area contributed by atoms with Gasteiger partial charge in [-0.25, -0.2) is 0 Å². The van der Waals surface area contributed by atoms with Gasteiger partial charge in [0.1, 0.15) is 17.2 Å². The summed E-state index contributed by atoms with van der Waals surface area (Å²) in [5, 5.41) is 3.10. The number of carbonyl (C=O) groups is 3. The Morgan fingerprint density at radius 2 is 1.65 bits per heavy atom. The minimum absolute atomic E-state index is 0.226. The number of ketones is 2. The summed E-state index contributed by atoms with van der Waals surface area (Å²) in [6, 6.07) is 28.6. The number of nitrogens with zero attached hydrogens (tertiary/aromatic N) is 1. The minimum Gasteiger partial charge on any atom is -0.497 e. The van der Waals surface area contributed by atoms with E-state index in [0.717, 1.165) is 35.1 Å². The predicted octanol–water partition coefficient (Wildman–Crippen LogP) is 6.63. The molecule has 1 spiro atoms. The number of anilines is 1. The van der Waals surface area contributed by atoms with Crippen LogP contribution in [0.4, 0.5) is 5.69 Å². The van der Waals surface area contributed by atoms with Crippen LogP contribution in [-0.4, -0.2) is 35.5 Å². The van der Waals surface area contributed by atoms with Crippen LogP contribution in [0.5, 0.6) is 5.75 Å². The molecule has 0 unspecified atom stereocenters. The van der Waals surface area contributed by atoms with E-state index in [4.69, 9.17) is 4.74 Å². The van der Waals surface area contributed by atoms with Gasteiger partial charge in [-0.1, -0.05) is 92.2 Å². The number of rotatable bonds is 7. The fraction of sp³-hybridized carbons (Fsp3) is 0.216. The summed E-state index contributed by atoms with van der Waals surface area (Å²) in [6.07, 6.45) is 5.77. The summed E-state index contributed by atoms with van der Waals surface area (Å²) in [5.41, 5.74) is 3.99. The Hall–Kier alpha value is -4.97. The highest BCUT2D eigenvalue weighted by Gasteiger charge is 2.70. The molecule has 1 N–H and O–H groups in total. The topological polar surface area (TPSA) is 75.7 Å². The number of aryl methyl sites for hydroxylation is 1. The third kappa shape index (κ3) is 3.97. The molecule has 0 radical (unpaired) electrons. The number of ether oxygens (including phenoxy) is 1. The Bertz CT molecular complexity index is 1790. The number of hydrogen-bond donors (Lipinski definition) is 1. The summed E-state index contributed by atoms with van der Waals surface area (Å²) in [7, 11) is 1.56. The van der Waals surface area contributed by atoms with Crippen LogP contribution in [-0.2, 0) is 16.6 Å². The van der Waals surface area contributed by atoms with E-state index in [1.54, 1.807) is 31.4 Å². The number of para-hydroxylation sites is 1. The van der Waals surface area contributed by atoms with E-state index in [0.29, 0.717) is 22.6 Å². The lowest BCUT2D eigenvalue weighted by Crippen LogP contribution is -2.49. The van der Waals surface area contributed by atoms with Gasteiger partial charge in [0, 0.05) is 23.0 Å². The van der Waals surface area contributed by atoms with Crippen molar-refractivity contribution in [1.82, 2.24) is 4.90 Å². The molecule has 4 aromatic rings. The van der Waals surface area contributed by atoms with Gasteiger partial charge in [0.2, 0.25) is 5.91 Å². The number of nitrogens with one attached hydrogen (secondary N) is 1. The zero-order valence-corrected chi connectivity index (χ0v) is 24.1. The van der Waals surface area contributed by atoms with Crippen LogP contribution in [0.1, 0.15) is 62.4 Å². The zero-order valence-electron chi connectivity index (χ0n) is 24.1. The Labute approximate surface area is 251 Å². The molecule has 7 rings (SSSR count). The molecule has 4 aromatic carbocycles. The van der Waals surface area contributed by atoms with Gasteiger partial charge in [-0.2, -0.15) is 0 Å². The molecule has 0 bridgehead atoms. The molecule has 3 heterocycles. The first-order chi connectivity index (χ1) is 21.0. The lowest BCUT2D eigenvalue weighted by molar-refractivity contribution is -0.122. The van der Waals surface area contributed by atoms with Crippen molar-refractivity contribution in [2.24, 2.45) is 5.92 Å². The second-order valence-corrected chi connectivity index (χ2v) is 11.5. The molecule has 0 aromatic heterocycles. The summed E-state index contributed by atoms with van der Waals surface area (Å²) in [6.45, 7) is 2.12. The van der Waals surface area contributed by atoms with Crippen LogP contribution in [0.25, 0.3) is 6.08 Å². The molecule has 1 fully saturated rings. The van der Waals surface area contributed by atoms with Gasteiger partial charge in [-0.15, -0.1) is 0 Å². The average Bonchev–Trinajstić information content (AvgIpc) is 3.53. The van der Waals surface area contributed by atoms with Crippen LogP contribution in [0.15, 0.2) is 103 Å². The van der Waals surface area contributed by atoms with E-state index in [1.165, 1.54) is 0 Å². The van der Waals surface area contributed by atoms with E-state index >= 15 is 0 Å². The second kappa shape index (κ2) is 10.4. The first-order valence-electron chi connectivity index (χ1n) is 14.8. The maximum absolute atomic E-state index is 14.9. The first-order valence-corrected chi connectivity index (χ1v) is 14.8. The highest BCUT2D eigenvalue weighted by Crippen LogP contribution is 2.62. The van der Waals surface area contributed by atoms with Gasteiger partial charge in [0.05, 0.1) is 19.1 Å². The number of methoxy groups -OCH3 is 1. The van der Waals surface area contributed by atoms with Crippen molar-refractivity contribution >= 4 is 29.2 Å². The van der Waals surface area contributed by atoms with E-state index in [9.17, 15) is 14.4 Å². The molecule has 214 valence electrons. The summed E-state index contributed by atoms with van der Waals surface area (Å²) >= 11 is 0. The van der Waals surface area contributed by atoms with Gasteiger partial charge < -0.3 is 15.0 Å². The van der Waals surface area contributed by atoms with Crippen LogP contribution in [0.2, 0.25) is 0 Å². The number of amides is 1. The van der Waals surface area contributed by atoms with Crippen molar-refractivity contribution in [2.45, 2.75) is 37.3 Å². The van der Waals surface area contributed by atoms with E-state index in [1.807, 2.05) is 90.0 Å². The summed E-state index contributed by atoms with van der Waals surface area (Å²) in [4.78, 5) is 46.2. The second-order valence-electron chi connectivity index (χ2n) is 11.5. The zero-order chi connectivity index (χ0) is 29.7. The molecule has 1 saturated heterocycles. The highest BCUT2D eigenvalue weighted by atomic mass is 16.5. The monoisotopic (exact) mass is 568 g/mol. The van der Waals surface area contributed by atoms with E-state index < -0.39 is 23.4 Å². The third-order valence-corrected chi connectivity index (χ3v) is 9.25. The van der Waals surface area contributed by atoms with Crippen molar-refractivity contribution in [3.63, 3.8) is 0 Å². The van der Waals surface area contributed by atoms with Gasteiger partial charge in [0.25, 0.3) is 0 Å². The van der Waals surface area contributed by atoms with Crippen molar-refractivity contribution < 1.29 is 19.1 Å². The summed E-state index contributed by atoms with van der Waals surface area (Å²) < 4.78 is 5.44. The fourth-order valence-electron chi connectivity index (χ4n) is 7.42. The molecule has 3 aliphatic heterocycles. The molecule has 6 nitrogen and oxygen atoms in total. The predicted molar refractivity (Wildman–Crippen MR) is 166 cm³/mol. The van der Waals surface area contributed by atoms with E-state index in [-0.39, 0.29) is 17.5 Å². The standard InChI is InChI=1S/C37H32N2O4/c1-3-9-23-16-18-25(19-17-23)33(40)31-32(34(41)26-11-8-12-27(22-26)43-2)39-21-20-24-10-4-5-13-28(24)35(39)37(31)29-14-6-7-15-30(29)38-36(37)42/h4-8,10-22,31-32,35H,3,9H2,1-2H3,(H,38,42)/t31-,32-,35-,37-/m1/s1. The number of Topliss-reactive ketones (excluding diaryl/α,β-unsaturated/α-hetero) is 2. The molecule has 3 aliphatic rings. The number of fused-ring (bicyclic) bond motifs is 6. The largest absolute Gasteiger partial charge is 0.497 e. The molecular weight excluding hydrogens is 536 g/mol. The maximum Gasteiger partial charge on any atom is 0.238 e. The Morgan fingerprint density at radius 3 is 2.44 bits per heavy atom. The van der Waals surface area contributed by atoms with Crippen LogP contribution in [0, 0.1) is 5.92 Å². The van der Waals surface area contributed by atoms with Gasteiger partial charge in [0.15, 0.2) is 11.6 Å². The number of carbonyl (C=O) groups excluding carboxylic acids is 3. The van der Waals surface area contributed by atoms with E-state index in [2.05, 4.69) is 12.2 Å². The van der Waals surface area contributed by atoms with Crippen LogP contribution >= 0.6 is 0 Å². The maximum atomic E-state index is 14.9. The van der Waals surface area contributed by atoms with Crippen molar-refractivity contribution in [1.29, 1.82) is 0 Å². The molecule has 4 atom stereocenters. The first kappa shape index (κ1) is 26.9. The lowest BCUT2D eigenvalue weighted by atomic mass is 9.62. The quantitative estimate of drug-likeness (QED) is 0.253. The SMILES string of the molecule is CCCc1ccc(C(=O)[C@H]2[C@H](C(=O)c3cccc(OC)c3)N3C=Cc4ccccc4[C@@H]3[C@]23C(=O)Nc2ccccc23)cc1. The van der Waals surface area contributed by atoms with Crippen LogP contribution < -0.4 is 10.1 Å². The van der Waals surface area contributed by atoms with Gasteiger partial charge in [-0.05, 0) is 52.9 Å². The fourth-order valence-corrected chi connectivity index (χ4v) is 7.42. The number of hydrogen-bond acceptors (Lipinski definition) is 5. The van der Waals surface area contributed by atoms with Crippen molar-refractivity contribution in [2.75, 3.05) is 12.4 Å². The molecule has 6 heteroatoms. The minimum atomic E-state index is -1.35. The number of benzene rings is 4. The summed E-state index contributed by atoms with van der Waals surface area (Å²) in [5.74, 6) is -1.18. The average molecular weight is 569 g/mol. The van der Waals surface area contributed by atoms with Crippen molar-refractivity contribution in [3.05, 3.63) is 137 Å². The lowest BCUT2D eigenvalue weighted by Gasteiger charge is -2.38. The normalized spacial score (nSPS) is 23.0. The molecule has 0 aliphatic carbocycles. The smallest absolute Gasteiger partial charge is 0.238 e. The Morgan fingerprint density at radius 1 is 0.884 bits per heavy atom. The third-order valence-electron chi connectivity index (χ3n) is 9.25.